The van der Waals surface area contributed by atoms with Gasteiger partial charge in [-0.15, -0.1) is 6.58 Å². The minimum Gasteiger partial charge on any atom is -0.391 e. The Morgan fingerprint density at radius 3 is 1.22 bits per heavy atom. The van der Waals surface area contributed by atoms with Gasteiger partial charge in [-0.3, -0.25) is 0 Å². The molecule has 9 heavy (non-hydrogen) atoms. The van der Waals surface area contributed by atoms with Gasteiger partial charge >= 0.3 is 0 Å². The summed E-state index contributed by atoms with van der Waals surface area (Å²) in [5.74, 6) is 0. The minimum atomic E-state index is -0.500. The van der Waals surface area contributed by atoms with E-state index in [0.717, 1.165) is 0 Å². The van der Waals surface area contributed by atoms with Crippen LogP contribution in [0.5, 0.6) is 0 Å². The molecule has 0 saturated heterocycles. The topological polar surface area (TPSA) is 20.2 Å². The fourth-order valence-corrected chi connectivity index (χ4v) is 0. The van der Waals surface area contributed by atoms with Crippen molar-refractivity contribution < 1.29 is 5.11 Å². The van der Waals surface area contributed by atoms with Crippen molar-refractivity contribution in [1.82, 2.24) is 0 Å². The van der Waals surface area contributed by atoms with Crippen molar-refractivity contribution >= 4 is 0 Å². The minimum absolute atomic E-state index is 0.500. The fourth-order valence-electron chi connectivity index (χ4n) is 0. The average Bonchev–Trinajstić information content (AvgIpc) is 1.19. The summed E-state index contributed by atoms with van der Waals surface area (Å²) in [5.41, 5.74) is 0.667. The van der Waals surface area contributed by atoms with Gasteiger partial charge in [0.25, 0.3) is 0 Å². The molecule has 0 bridgehead atoms. The smallest absolute Gasteiger partial charge is 0.0563 e. The van der Waals surface area contributed by atoms with Gasteiger partial charge in [0.2, 0.25) is 0 Å². The lowest BCUT2D eigenvalue weighted by Gasteiger charge is -2.04. The molecule has 0 amide bonds. The molecular formula is C8H18O. The summed E-state index contributed by atoms with van der Waals surface area (Å²) < 4.78 is 0. The number of hydrogen-bond donors (Lipinski definition) is 1. The van der Waals surface area contributed by atoms with Gasteiger partial charge in [-0.1, -0.05) is 5.57 Å². The molecule has 0 saturated carbocycles. The lowest BCUT2D eigenvalue weighted by molar-refractivity contribution is 0.102. The molecule has 1 N–H and O–H groups in total. The fraction of sp³-hybridized carbons (Fsp3) is 0.750. The van der Waals surface area contributed by atoms with Crippen LogP contribution >= 0.6 is 0 Å². The third kappa shape index (κ3) is 2780. The molecule has 1 nitrogen and oxygen atoms in total. The second-order valence-electron chi connectivity index (χ2n) is 3.38. The number of aliphatic hydroxyl groups is 1. The molecule has 0 heterocycles. The molecule has 0 radical (unpaired) electrons. The largest absolute Gasteiger partial charge is 0.391 e. The monoisotopic (exact) mass is 130 g/mol. The Bertz CT molecular complexity index is 67.1. The summed E-state index contributed by atoms with van der Waals surface area (Å²) in [5, 5.41) is 8.52. The van der Waals surface area contributed by atoms with Crippen LogP contribution in [0.4, 0.5) is 0 Å². The van der Waals surface area contributed by atoms with Crippen LogP contribution in [-0.2, 0) is 0 Å². The van der Waals surface area contributed by atoms with E-state index in [4.69, 9.17) is 5.11 Å². The summed E-state index contributed by atoms with van der Waals surface area (Å²) in [6.07, 6.45) is 0. The Kier molecular flexibility index (Phi) is 5.83. The molecule has 0 aliphatic carbocycles. The molecule has 0 aliphatic heterocycles. The molecule has 0 unspecified atom stereocenters. The maximum atomic E-state index is 8.52. The van der Waals surface area contributed by atoms with Crippen molar-refractivity contribution in [3.8, 4) is 0 Å². The first kappa shape index (κ1) is 11.5. The van der Waals surface area contributed by atoms with E-state index in [1.54, 1.807) is 20.8 Å². The Morgan fingerprint density at radius 2 is 1.22 bits per heavy atom. The van der Waals surface area contributed by atoms with Crippen molar-refractivity contribution in [2.75, 3.05) is 0 Å². The van der Waals surface area contributed by atoms with Crippen molar-refractivity contribution in [2.24, 2.45) is 0 Å². The molecule has 0 spiro atoms. The first-order valence-electron chi connectivity index (χ1n) is 3.08. The Hall–Kier alpha value is -0.300. The van der Waals surface area contributed by atoms with Crippen LogP contribution in [-0.4, -0.2) is 10.7 Å². The van der Waals surface area contributed by atoms with E-state index in [9.17, 15) is 0 Å². The summed E-state index contributed by atoms with van der Waals surface area (Å²) in [6, 6.07) is 0. The van der Waals surface area contributed by atoms with Gasteiger partial charge in [0.05, 0.1) is 5.60 Å². The summed E-state index contributed by atoms with van der Waals surface area (Å²) in [4.78, 5) is 0. The molecule has 0 aliphatic rings. The average molecular weight is 130 g/mol. The van der Waals surface area contributed by atoms with Crippen LogP contribution in [0.25, 0.3) is 0 Å². The van der Waals surface area contributed by atoms with Crippen LogP contribution in [0.15, 0.2) is 12.2 Å². The van der Waals surface area contributed by atoms with Gasteiger partial charge < -0.3 is 5.11 Å². The van der Waals surface area contributed by atoms with Crippen molar-refractivity contribution in [3.05, 3.63) is 12.2 Å². The molecular weight excluding hydrogens is 112 g/mol. The number of hydrogen-bond acceptors (Lipinski definition) is 1. The predicted molar refractivity (Wildman–Crippen MR) is 42.5 cm³/mol. The third-order valence-corrected chi connectivity index (χ3v) is 0. The highest BCUT2D eigenvalue weighted by Crippen LogP contribution is 1.93. The van der Waals surface area contributed by atoms with Crippen LogP contribution in [0.2, 0.25) is 0 Å². The molecule has 0 atom stereocenters. The van der Waals surface area contributed by atoms with Crippen LogP contribution in [0.1, 0.15) is 34.6 Å². The molecule has 0 aromatic heterocycles. The maximum absolute atomic E-state index is 8.52. The van der Waals surface area contributed by atoms with Gasteiger partial charge in [-0.25, -0.2) is 0 Å². The second-order valence-corrected chi connectivity index (χ2v) is 3.38. The molecule has 0 aromatic rings. The van der Waals surface area contributed by atoms with E-state index in [1.165, 1.54) is 5.57 Å². The molecule has 1 heteroatoms. The zero-order chi connectivity index (χ0) is 8.08. The van der Waals surface area contributed by atoms with Gasteiger partial charge in [-0.2, -0.15) is 0 Å². The highest BCUT2D eigenvalue weighted by Gasteiger charge is 1.97. The van der Waals surface area contributed by atoms with Crippen molar-refractivity contribution in [1.29, 1.82) is 0 Å². The Morgan fingerprint density at radius 1 is 1.22 bits per heavy atom. The first-order chi connectivity index (χ1) is 3.73. The summed E-state index contributed by atoms with van der Waals surface area (Å²) >= 11 is 0. The SMILES string of the molecule is C=C(C)C.CC(C)(C)O. The van der Waals surface area contributed by atoms with Gasteiger partial charge in [0.15, 0.2) is 0 Å². The standard InChI is InChI=1S/C4H10O.C4H8/c1-4(2,3)5;1-4(2)3/h5H,1-3H3;1H2,2-3H3. The molecule has 56 valence electrons. The van der Waals surface area contributed by atoms with E-state index in [1.807, 2.05) is 13.8 Å². The maximum Gasteiger partial charge on any atom is 0.0563 e. The highest BCUT2D eigenvalue weighted by atomic mass is 16.3. The van der Waals surface area contributed by atoms with E-state index in [0.29, 0.717) is 0 Å². The molecule has 0 rings (SSSR count). The zero-order valence-electron chi connectivity index (χ0n) is 7.15. The van der Waals surface area contributed by atoms with Crippen molar-refractivity contribution in [2.45, 2.75) is 40.2 Å². The third-order valence-electron chi connectivity index (χ3n) is 0. The van der Waals surface area contributed by atoms with Gasteiger partial charge in [0, 0.05) is 0 Å². The zero-order valence-corrected chi connectivity index (χ0v) is 7.15. The van der Waals surface area contributed by atoms with Crippen LogP contribution < -0.4 is 0 Å². The van der Waals surface area contributed by atoms with E-state index in [2.05, 4.69) is 6.58 Å². The molecule has 0 fully saturated rings. The summed E-state index contributed by atoms with van der Waals surface area (Å²) in [7, 11) is 0. The van der Waals surface area contributed by atoms with Crippen LogP contribution in [0, 0.1) is 0 Å². The Balaban J connectivity index is 0. The van der Waals surface area contributed by atoms with Crippen molar-refractivity contribution in [3.63, 3.8) is 0 Å². The van der Waals surface area contributed by atoms with E-state index in [-0.39, 0.29) is 0 Å². The van der Waals surface area contributed by atoms with E-state index >= 15 is 0 Å². The molecule has 0 aromatic carbocycles. The number of allylic oxidation sites excluding steroid dienone is 1. The van der Waals surface area contributed by atoms with Gasteiger partial charge in [0.1, 0.15) is 0 Å². The Labute approximate surface area is 58.4 Å². The second kappa shape index (κ2) is 4.57. The quantitative estimate of drug-likeness (QED) is 0.499. The predicted octanol–water partition coefficient (Wildman–Crippen LogP) is 2.36. The highest BCUT2D eigenvalue weighted by molar-refractivity contribution is 4.78. The lowest BCUT2D eigenvalue weighted by Crippen LogP contribution is -2.10. The lowest BCUT2D eigenvalue weighted by atomic mass is 10.2. The van der Waals surface area contributed by atoms with Gasteiger partial charge in [-0.05, 0) is 34.6 Å². The first-order valence-corrected chi connectivity index (χ1v) is 3.08. The van der Waals surface area contributed by atoms with Crippen LogP contribution in [0.3, 0.4) is 0 Å². The normalized spacial score (nSPS) is 9.56. The number of rotatable bonds is 0. The summed E-state index contributed by atoms with van der Waals surface area (Å²) in [6.45, 7) is 12.7. The van der Waals surface area contributed by atoms with E-state index < -0.39 is 5.60 Å².